The molecular weight excluding hydrogens is 359 g/mol. The van der Waals surface area contributed by atoms with E-state index in [4.69, 9.17) is 0 Å². The van der Waals surface area contributed by atoms with Crippen LogP contribution in [0.25, 0.3) is 11.4 Å². The van der Waals surface area contributed by atoms with Crippen LogP contribution in [0.5, 0.6) is 0 Å². The Bertz CT molecular complexity index is 1010. The first-order valence-corrected chi connectivity index (χ1v) is 8.36. The molecule has 0 radical (unpaired) electrons. The Morgan fingerprint density at radius 1 is 1.08 bits per heavy atom. The molecule has 2 heterocycles. The molecule has 0 aliphatic rings. The van der Waals surface area contributed by atoms with E-state index in [-0.39, 0.29) is 21.3 Å². The van der Waals surface area contributed by atoms with Crippen LogP contribution in [-0.2, 0) is 16.0 Å². The van der Waals surface area contributed by atoms with Crippen molar-refractivity contribution in [2.45, 2.75) is 23.0 Å². The summed E-state index contributed by atoms with van der Waals surface area (Å²) in [5, 5.41) is 2.99. The second-order valence-electron chi connectivity index (χ2n) is 5.07. The smallest absolute Gasteiger partial charge is 0.329 e. The maximum Gasteiger partial charge on any atom is 0.471 e. The van der Waals surface area contributed by atoms with Crippen molar-refractivity contribution in [3.05, 3.63) is 54.0 Å². The average molecular weight is 369 g/mol. The van der Waals surface area contributed by atoms with Crippen LogP contribution in [0.3, 0.4) is 0 Å². The van der Waals surface area contributed by atoms with Gasteiger partial charge in [-0.15, -0.1) is 0 Å². The molecule has 0 saturated heterocycles. The van der Waals surface area contributed by atoms with Crippen molar-refractivity contribution in [3.63, 3.8) is 0 Å². The van der Waals surface area contributed by atoms with Crippen LogP contribution in [0.4, 0.5) is 13.2 Å². The number of sulfone groups is 1. The van der Waals surface area contributed by atoms with Crippen LogP contribution >= 0.6 is 0 Å². The second kappa shape index (κ2) is 5.96. The van der Waals surface area contributed by atoms with Gasteiger partial charge in [0.1, 0.15) is 0 Å². The summed E-state index contributed by atoms with van der Waals surface area (Å²) >= 11 is 0. The molecule has 0 aliphatic heterocycles. The minimum absolute atomic E-state index is 0.1000. The fourth-order valence-corrected chi connectivity index (χ4v) is 3.51. The van der Waals surface area contributed by atoms with Gasteiger partial charge in [-0.3, -0.25) is 0 Å². The predicted molar refractivity (Wildman–Crippen MR) is 79.2 cm³/mol. The van der Waals surface area contributed by atoms with Crippen LogP contribution in [0.2, 0.25) is 0 Å². The lowest BCUT2D eigenvalue weighted by Gasteiger charge is -2.06. The SMILES string of the molecule is Cc1ccccc1S(=O)(=O)c1ccc(-c2noc(C(F)(F)F)n2)cn1. The van der Waals surface area contributed by atoms with Gasteiger partial charge in [-0.2, -0.15) is 18.2 Å². The summed E-state index contributed by atoms with van der Waals surface area (Å²) in [4.78, 5) is 7.15. The number of alkyl halides is 3. The van der Waals surface area contributed by atoms with Crippen LogP contribution in [-0.4, -0.2) is 23.5 Å². The molecule has 0 atom stereocenters. The topological polar surface area (TPSA) is 86.0 Å². The highest BCUT2D eigenvalue weighted by Crippen LogP contribution is 2.29. The Kier molecular flexibility index (Phi) is 4.07. The molecule has 130 valence electrons. The normalized spacial score (nSPS) is 12.3. The first-order chi connectivity index (χ1) is 11.7. The van der Waals surface area contributed by atoms with Gasteiger partial charge in [0.2, 0.25) is 15.7 Å². The second-order valence-corrected chi connectivity index (χ2v) is 6.94. The predicted octanol–water partition coefficient (Wildman–Crippen LogP) is 3.29. The van der Waals surface area contributed by atoms with Gasteiger partial charge in [0, 0.05) is 11.8 Å². The highest BCUT2D eigenvalue weighted by atomic mass is 32.2. The monoisotopic (exact) mass is 369 g/mol. The molecule has 0 amide bonds. The molecule has 25 heavy (non-hydrogen) atoms. The molecule has 10 heteroatoms. The molecule has 3 aromatic rings. The molecule has 0 fully saturated rings. The third-order valence-corrected chi connectivity index (χ3v) is 5.15. The third kappa shape index (κ3) is 3.25. The minimum atomic E-state index is -4.76. The van der Waals surface area contributed by atoms with Gasteiger partial charge in [0.25, 0.3) is 0 Å². The third-order valence-electron chi connectivity index (χ3n) is 3.32. The summed E-state index contributed by atoms with van der Waals surface area (Å²) in [6.45, 7) is 1.65. The molecule has 1 aromatic carbocycles. The van der Waals surface area contributed by atoms with E-state index >= 15 is 0 Å². The van der Waals surface area contributed by atoms with Crippen molar-refractivity contribution < 1.29 is 26.1 Å². The molecule has 0 bridgehead atoms. The van der Waals surface area contributed by atoms with Crippen LogP contribution in [0.15, 0.2) is 57.0 Å². The number of pyridine rings is 1. The minimum Gasteiger partial charge on any atom is -0.329 e. The van der Waals surface area contributed by atoms with E-state index in [9.17, 15) is 21.6 Å². The van der Waals surface area contributed by atoms with E-state index in [0.717, 1.165) is 6.20 Å². The van der Waals surface area contributed by atoms with E-state index in [1.54, 1.807) is 25.1 Å². The van der Waals surface area contributed by atoms with Gasteiger partial charge in [-0.25, -0.2) is 13.4 Å². The fraction of sp³-hybridized carbons (Fsp3) is 0.133. The molecule has 0 saturated carbocycles. The molecule has 0 spiro atoms. The first-order valence-electron chi connectivity index (χ1n) is 6.87. The largest absolute Gasteiger partial charge is 0.471 e. The standard InChI is InChI=1S/C15H10F3N3O3S/c1-9-4-2-3-5-11(9)25(22,23)12-7-6-10(8-19-12)13-20-14(24-21-13)15(16,17)18/h2-8H,1H3. The average Bonchev–Trinajstić information content (AvgIpc) is 3.05. The van der Waals surface area contributed by atoms with Crippen molar-refractivity contribution in [1.82, 2.24) is 15.1 Å². The summed E-state index contributed by atoms with van der Waals surface area (Å²) in [6.07, 6.45) is -3.68. The molecule has 0 aliphatic carbocycles. The van der Waals surface area contributed by atoms with Gasteiger partial charge in [0.15, 0.2) is 5.03 Å². The summed E-state index contributed by atoms with van der Waals surface area (Å²) < 4.78 is 66.7. The van der Waals surface area contributed by atoms with Crippen LogP contribution < -0.4 is 0 Å². The highest BCUT2D eigenvalue weighted by molar-refractivity contribution is 7.91. The maximum atomic E-state index is 12.6. The Hall–Kier alpha value is -2.75. The summed E-state index contributed by atoms with van der Waals surface area (Å²) in [5.41, 5.74) is 0.657. The van der Waals surface area contributed by atoms with E-state index in [2.05, 4.69) is 19.6 Å². The van der Waals surface area contributed by atoms with E-state index < -0.39 is 21.9 Å². The van der Waals surface area contributed by atoms with Crippen LogP contribution in [0.1, 0.15) is 11.5 Å². The molecular formula is C15H10F3N3O3S. The molecule has 2 aromatic heterocycles. The van der Waals surface area contributed by atoms with Gasteiger partial charge >= 0.3 is 12.1 Å². The lowest BCUT2D eigenvalue weighted by atomic mass is 10.2. The zero-order chi connectivity index (χ0) is 18.2. The summed E-state index contributed by atoms with van der Waals surface area (Å²) in [7, 11) is -3.84. The maximum absolute atomic E-state index is 12.6. The number of aryl methyl sites for hydroxylation is 1. The first kappa shape index (κ1) is 17.1. The van der Waals surface area contributed by atoms with Gasteiger partial charge in [-0.05, 0) is 30.7 Å². The van der Waals surface area contributed by atoms with Crippen molar-refractivity contribution in [3.8, 4) is 11.4 Å². The van der Waals surface area contributed by atoms with Gasteiger partial charge in [0.05, 0.1) is 4.90 Å². The number of hydrogen-bond donors (Lipinski definition) is 0. The Morgan fingerprint density at radius 2 is 1.80 bits per heavy atom. The van der Waals surface area contributed by atoms with Crippen molar-refractivity contribution in [2.24, 2.45) is 0 Å². The quantitative estimate of drug-likeness (QED) is 0.704. The zero-order valence-electron chi connectivity index (χ0n) is 12.6. The van der Waals surface area contributed by atoms with Crippen molar-refractivity contribution in [2.75, 3.05) is 0 Å². The lowest BCUT2D eigenvalue weighted by Crippen LogP contribution is -2.06. The zero-order valence-corrected chi connectivity index (χ0v) is 13.5. The van der Waals surface area contributed by atoms with E-state index in [0.29, 0.717) is 5.56 Å². The number of hydrogen-bond acceptors (Lipinski definition) is 6. The molecule has 0 N–H and O–H groups in total. The number of nitrogens with zero attached hydrogens (tertiary/aromatic N) is 3. The Labute approximate surface area is 140 Å². The van der Waals surface area contributed by atoms with Gasteiger partial charge < -0.3 is 4.52 Å². The Morgan fingerprint density at radius 3 is 2.36 bits per heavy atom. The Balaban J connectivity index is 1.95. The fourth-order valence-electron chi connectivity index (χ4n) is 2.10. The highest BCUT2D eigenvalue weighted by Gasteiger charge is 2.38. The summed E-state index contributed by atoms with van der Waals surface area (Å²) in [5.74, 6) is -1.82. The lowest BCUT2D eigenvalue weighted by molar-refractivity contribution is -0.159. The number of halogens is 3. The molecule has 3 rings (SSSR count). The number of aromatic nitrogens is 3. The van der Waals surface area contributed by atoms with Gasteiger partial charge in [-0.1, -0.05) is 23.4 Å². The van der Waals surface area contributed by atoms with Crippen LogP contribution in [0, 0.1) is 6.92 Å². The van der Waals surface area contributed by atoms with Crippen molar-refractivity contribution >= 4 is 9.84 Å². The van der Waals surface area contributed by atoms with E-state index in [1.807, 2.05) is 0 Å². The number of benzene rings is 1. The van der Waals surface area contributed by atoms with E-state index in [1.165, 1.54) is 18.2 Å². The molecule has 0 unspecified atom stereocenters. The van der Waals surface area contributed by atoms with Crippen molar-refractivity contribution in [1.29, 1.82) is 0 Å². The molecule has 6 nitrogen and oxygen atoms in total. The summed E-state index contributed by atoms with van der Waals surface area (Å²) in [6, 6.07) is 8.85. The number of rotatable bonds is 3.